The van der Waals surface area contributed by atoms with Crippen molar-refractivity contribution >= 4 is 17.7 Å². The van der Waals surface area contributed by atoms with E-state index in [1.54, 1.807) is 20.8 Å². The highest BCUT2D eigenvalue weighted by Crippen LogP contribution is 2.37. The van der Waals surface area contributed by atoms with Gasteiger partial charge in [-0.1, -0.05) is 18.2 Å². The molecular formula is C28H29FN4O5. The van der Waals surface area contributed by atoms with E-state index in [2.05, 4.69) is 4.98 Å². The molecule has 1 aromatic heterocycles. The lowest BCUT2D eigenvalue weighted by atomic mass is 9.88. The van der Waals surface area contributed by atoms with Crippen molar-refractivity contribution in [3.05, 3.63) is 82.8 Å². The lowest BCUT2D eigenvalue weighted by molar-refractivity contribution is -0.131. The highest BCUT2D eigenvalue weighted by molar-refractivity contribution is 5.92. The molecule has 3 aromatic rings. The number of ether oxygens (including phenoxy) is 1. The fraction of sp³-hybridized carbons (Fsp3) is 0.357. The molecule has 1 unspecified atom stereocenters. The molecule has 1 saturated heterocycles. The number of nitrogens with zero attached hydrogens (tertiary/aromatic N) is 4. The van der Waals surface area contributed by atoms with Gasteiger partial charge in [0.05, 0.1) is 6.04 Å². The van der Waals surface area contributed by atoms with Gasteiger partial charge in [0.1, 0.15) is 17.8 Å². The molecular weight excluding hydrogens is 491 g/mol. The molecule has 0 saturated carbocycles. The zero-order valence-electron chi connectivity index (χ0n) is 21.4. The number of rotatable bonds is 5. The molecule has 3 heterocycles. The molecule has 1 atom stereocenters. The van der Waals surface area contributed by atoms with Gasteiger partial charge in [-0.2, -0.15) is 0 Å². The van der Waals surface area contributed by atoms with Gasteiger partial charge < -0.3 is 23.9 Å². The summed E-state index contributed by atoms with van der Waals surface area (Å²) in [6.45, 7) is 5.45. The first-order chi connectivity index (χ1) is 18.3. The predicted molar refractivity (Wildman–Crippen MR) is 135 cm³/mol. The van der Waals surface area contributed by atoms with Crippen LogP contribution in [-0.4, -0.2) is 70.1 Å². The van der Waals surface area contributed by atoms with Crippen LogP contribution in [-0.2, 0) is 22.6 Å². The summed E-state index contributed by atoms with van der Waals surface area (Å²) in [6.07, 6.45) is 2.00. The summed E-state index contributed by atoms with van der Waals surface area (Å²) in [7, 11) is 0. The van der Waals surface area contributed by atoms with Gasteiger partial charge in [-0.25, -0.2) is 9.37 Å². The number of hydrogen-bond donors (Lipinski definition) is 0. The number of halogens is 1. The first kappa shape index (κ1) is 25.4. The maximum Gasteiger partial charge on any atom is 0.275 e. The molecule has 0 bridgehead atoms. The second-order valence-electron chi connectivity index (χ2n) is 9.49. The SMILES string of the molecule is CC(=O)N1CCN(C(=O)c2coc(COc3ccc4c(c3)C(c3cccc(F)c3)N(C(C)=O)CC4)n2)CC1. The van der Waals surface area contributed by atoms with Gasteiger partial charge in [0.15, 0.2) is 12.3 Å². The number of hydrogen-bond acceptors (Lipinski definition) is 6. The van der Waals surface area contributed by atoms with Crippen molar-refractivity contribution in [3.8, 4) is 5.75 Å². The normalized spacial score (nSPS) is 17.2. The second-order valence-corrected chi connectivity index (χ2v) is 9.49. The van der Waals surface area contributed by atoms with Crippen LogP contribution in [0.15, 0.2) is 53.1 Å². The molecule has 0 radical (unpaired) electrons. The Morgan fingerprint density at radius 3 is 2.47 bits per heavy atom. The van der Waals surface area contributed by atoms with Crippen molar-refractivity contribution in [1.29, 1.82) is 0 Å². The smallest absolute Gasteiger partial charge is 0.275 e. The molecule has 0 aliphatic carbocycles. The van der Waals surface area contributed by atoms with E-state index in [1.807, 2.05) is 24.3 Å². The third-order valence-corrected chi connectivity index (χ3v) is 7.06. The van der Waals surface area contributed by atoms with E-state index in [4.69, 9.17) is 9.15 Å². The Bertz CT molecular complexity index is 1360. The van der Waals surface area contributed by atoms with E-state index >= 15 is 0 Å². The molecule has 0 N–H and O–H groups in total. The van der Waals surface area contributed by atoms with E-state index in [0.717, 1.165) is 11.1 Å². The Hall–Kier alpha value is -4.21. The summed E-state index contributed by atoms with van der Waals surface area (Å²) < 4.78 is 25.5. The molecule has 10 heteroatoms. The zero-order valence-corrected chi connectivity index (χ0v) is 21.4. The zero-order chi connectivity index (χ0) is 26.8. The summed E-state index contributed by atoms with van der Waals surface area (Å²) in [6, 6.07) is 11.5. The fourth-order valence-electron chi connectivity index (χ4n) is 5.07. The number of fused-ring (bicyclic) bond motifs is 1. The Labute approximate surface area is 219 Å². The van der Waals surface area contributed by atoms with Gasteiger partial charge in [0.2, 0.25) is 17.7 Å². The number of piperazine rings is 1. The Morgan fingerprint density at radius 1 is 1.00 bits per heavy atom. The van der Waals surface area contributed by atoms with Crippen molar-refractivity contribution in [2.45, 2.75) is 32.9 Å². The predicted octanol–water partition coefficient (Wildman–Crippen LogP) is 3.19. The van der Waals surface area contributed by atoms with Crippen molar-refractivity contribution in [3.63, 3.8) is 0 Å². The van der Waals surface area contributed by atoms with Gasteiger partial charge in [0, 0.05) is 46.6 Å². The standard InChI is InChI=1S/C28H29FN4O5/c1-18(34)31-10-12-32(13-11-31)28(36)25-16-38-26(30-25)17-37-23-7-6-20-8-9-33(19(2)35)27(24(20)15-23)21-4-3-5-22(29)14-21/h3-7,14-16,27H,8-13,17H2,1-2H3. The van der Waals surface area contributed by atoms with E-state index in [9.17, 15) is 18.8 Å². The van der Waals surface area contributed by atoms with Crippen LogP contribution >= 0.6 is 0 Å². The number of oxazole rings is 1. The van der Waals surface area contributed by atoms with Gasteiger partial charge in [-0.05, 0) is 47.4 Å². The molecule has 9 nitrogen and oxygen atoms in total. The summed E-state index contributed by atoms with van der Waals surface area (Å²) in [4.78, 5) is 46.1. The van der Waals surface area contributed by atoms with Crippen LogP contribution in [0.25, 0.3) is 0 Å². The minimum atomic E-state index is -0.426. The van der Waals surface area contributed by atoms with Gasteiger partial charge in [0.25, 0.3) is 5.91 Å². The molecule has 5 rings (SSSR count). The summed E-state index contributed by atoms with van der Waals surface area (Å²) >= 11 is 0. The third kappa shape index (κ3) is 5.25. The third-order valence-electron chi connectivity index (χ3n) is 7.06. The molecule has 3 amide bonds. The highest BCUT2D eigenvalue weighted by atomic mass is 19.1. The number of aromatic nitrogens is 1. The quantitative estimate of drug-likeness (QED) is 0.513. The highest BCUT2D eigenvalue weighted by Gasteiger charge is 2.31. The lowest BCUT2D eigenvalue weighted by Gasteiger charge is -2.37. The molecule has 198 valence electrons. The molecule has 38 heavy (non-hydrogen) atoms. The van der Waals surface area contributed by atoms with Gasteiger partial charge in [-0.3, -0.25) is 14.4 Å². The lowest BCUT2D eigenvalue weighted by Crippen LogP contribution is -2.50. The molecule has 0 spiro atoms. The average molecular weight is 521 g/mol. The average Bonchev–Trinajstić information content (AvgIpc) is 3.39. The minimum Gasteiger partial charge on any atom is -0.484 e. The number of carbonyl (C=O) groups is 3. The van der Waals surface area contributed by atoms with Crippen LogP contribution in [0.2, 0.25) is 0 Å². The van der Waals surface area contributed by atoms with Crippen LogP contribution in [0.5, 0.6) is 5.75 Å². The van der Waals surface area contributed by atoms with Crippen molar-refractivity contribution in [1.82, 2.24) is 19.7 Å². The topological polar surface area (TPSA) is 96.2 Å². The van der Waals surface area contributed by atoms with Crippen LogP contribution in [0.4, 0.5) is 4.39 Å². The van der Waals surface area contributed by atoms with E-state index < -0.39 is 6.04 Å². The van der Waals surface area contributed by atoms with Crippen molar-refractivity contribution in [2.75, 3.05) is 32.7 Å². The maximum atomic E-state index is 14.1. The largest absolute Gasteiger partial charge is 0.484 e. The number of amides is 3. The Morgan fingerprint density at radius 2 is 1.76 bits per heavy atom. The second kappa shape index (κ2) is 10.6. The maximum absolute atomic E-state index is 14.1. The minimum absolute atomic E-state index is 0.00333. The Balaban J connectivity index is 1.29. The van der Waals surface area contributed by atoms with Crippen molar-refractivity contribution < 1.29 is 27.9 Å². The van der Waals surface area contributed by atoms with Crippen molar-refractivity contribution in [2.24, 2.45) is 0 Å². The number of carbonyl (C=O) groups excluding carboxylic acids is 3. The molecule has 2 aliphatic rings. The first-order valence-corrected chi connectivity index (χ1v) is 12.6. The van der Waals surface area contributed by atoms with Crippen LogP contribution in [0.3, 0.4) is 0 Å². The fourth-order valence-corrected chi connectivity index (χ4v) is 5.07. The summed E-state index contributed by atoms with van der Waals surface area (Å²) in [5, 5.41) is 0. The van der Waals surface area contributed by atoms with Crippen LogP contribution in [0.1, 0.15) is 53.0 Å². The summed E-state index contributed by atoms with van der Waals surface area (Å²) in [5.74, 6) is 0.0922. The van der Waals surface area contributed by atoms with Gasteiger partial charge in [-0.15, -0.1) is 0 Å². The summed E-state index contributed by atoms with van der Waals surface area (Å²) in [5.41, 5.74) is 2.83. The molecule has 2 aromatic carbocycles. The van der Waals surface area contributed by atoms with E-state index in [-0.39, 0.29) is 41.7 Å². The van der Waals surface area contributed by atoms with Crippen LogP contribution < -0.4 is 4.74 Å². The Kier molecular flexibility index (Phi) is 7.13. The van der Waals surface area contributed by atoms with E-state index in [0.29, 0.717) is 50.5 Å². The molecule has 1 fully saturated rings. The monoisotopic (exact) mass is 520 g/mol. The molecule has 2 aliphatic heterocycles. The van der Waals surface area contributed by atoms with Gasteiger partial charge >= 0.3 is 0 Å². The van der Waals surface area contributed by atoms with Crippen LogP contribution in [0, 0.1) is 5.82 Å². The number of benzene rings is 2. The first-order valence-electron chi connectivity index (χ1n) is 12.6. The van der Waals surface area contributed by atoms with E-state index in [1.165, 1.54) is 32.2 Å².